The molecule has 2 heteroatoms. The van der Waals surface area contributed by atoms with E-state index in [0.717, 1.165) is 6.54 Å². The van der Waals surface area contributed by atoms with Gasteiger partial charge in [-0.1, -0.05) is 27.9 Å². The second-order valence-electron chi connectivity index (χ2n) is 3.74. The first kappa shape index (κ1) is 10.7. The lowest BCUT2D eigenvalue weighted by atomic mass is 10.1. The molecular weight excluding hydrogens is 250 g/mol. The topological polar surface area (TPSA) is 12.0 Å². The summed E-state index contributed by atoms with van der Waals surface area (Å²) in [6, 6.07) is 7.05. The molecule has 0 spiro atoms. The molecule has 1 aromatic carbocycles. The molecule has 0 fully saturated rings. The van der Waals surface area contributed by atoms with Gasteiger partial charge in [0.1, 0.15) is 0 Å². The van der Waals surface area contributed by atoms with Crippen molar-refractivity contribution in [3.63, 3.8) is 0 Å². The van der Waals surface area contributed by atoms with Crippen LogP contribution in [0.1, 0.15) is 30.5 Å². The Morgan fingerprint density at radius 3 is 3.20 bits per heavy atom. The van der Waals surface area contributed by atoms with Gasteiger partial charge in [-0.15, -0.1) is 5.92 Å². The molecule has 1 aliphatic rings. The lowest BCUT2D eigenvalue weighted by molar-refractivity contribution is 0.568. The lowest BCUT2D eigenvalue weighted by Crippen LogP contribution is -2.19. The maximum Gasteiger partial charge on any atom is 0.0581 e. The molecule has 1 aromatic rings. The highest BCUT2D eigenvalue weighted by Crippen LogP contribution is 2.32. The Balaban J connectivity index is 2.10. The van der Waals surface area contributed by atoms with E-state index in [1.165, 1.54) is 28.4 Å². The van der Waals surface area contributed by atoms with Gasteiger partial charge in [0.25, 0.3) is 0 Å². The molecule has 1 atom stereocenters. The molecule has 0 heterocycles. The van der Waals surface area contributed by atoms with E-state index >= 15 is 0 Å². The number of hydrogen-bond acceptors (Lipinski definition) is 1. The molecule has 1 N–H and O–H groups in total. The molecule has 0 radical (unpaired) electrons. The summed E-state index contributed by atoms with van der Waals surface area (Å²) in [5.41, 5.74) is 2.91. The van der Waals surface area contributed by atoms with Crippen LogP contribution >= 0.6 is 15.9 Å². The molecule has 0 aromatic heterocycles. The van der Waals surface area contributed by atoms with E-state index in [4.69, 9.17) is 0 Å². The van der Waals surface area contributed by atoms with E-state index in [2.05, 4.69) is 51.3 Å². The van der Waals surface area contributed by atoms with Crippen molar-refractivity contribution in [2.75, 3.05) is 6.54 Å². The van der Waals surface area contributed by atoms with E-state index in [1.807, 2.05) is 6.92 Å². The Morgan fingerprint density at radius 2 is 2.40 bits per heavy atom. The van der Waals surface area contributed by atoms with E-state index in [0.29, 0.717) is 6.04 Å². The first-order valence-corrected chi connectivity index (χ1v) is 6.02. The van der Waals surface area contributed by atoms with Gasteiger partial charge in [0, 0.05) is 10.5 Å². The van der Waals surface area contributed by atoms with Crippen LogP contribution in [0, 0.1) is 11.8 Å². The molecule has 0 saturated carbocycles. The van der Waals surface area contributed by atoms with Gasteiger partial charge in [-0.3, -0.25) is 5.32 Å². The maximum atomic E-state index is 3.51. The lowest BCUT2D eigenvalue weighted by Gasteiger charge is -2.11. The predicted molar refractivity (Wildman–Crippen MR) is 66.7 cm³/mol. The largest absolute Gasteiger partial charge is 0.299 e. The van der Waals surface area contributed by atoms with Gasteiger partial charge < -0.3 is 0 Å². The molecular formula is C13H14BrN. The minimum Gasteiger partial charge on any atom is -0.299 e. The third kappa shape index (κ3) is 2.42. The van der Waals surface area contributed by atoms with Crippen molar-refractivity contribution in [3.8, 4) is 11.8 Å². The van der Waals surface area contributed by atoms with Crippen LogP contribution in [0.15, 0.2) is 22.7 Å². The minimum absolute atomic E-state index is 0.494. The standard InChI is InChI=1S/C13H14BrN/c1-2-3-8-15-13-7-4-10-9-11(14)5-6-12(10)13/h5-6,9,13,15H,4,7-8H2,1H3. The van der Waals surface area contributed by atoms with Crippen molar-refractivity contribution in [1.82, 2.24) is 5.32 Å². The highest BCUT2D eigenvalue weighted by molar-refractivity contribution is 9.10. The number of benzene rings is 1. The number of nitrogens with one attached hydrogen (secondary N) is 1. The fourth-order valence-corrected chi connectivity index (χ4v) is 2.47. The summed E-state index contributed by atoms with van der Waals surface area (Å²) in [6.07, 6.45) is 2.36. The van der Waals surface area contributed by atoms with Gasteiger partial charge in [0.15, 0.2) is 0 Å². The maximum absolute atomic E-state index is 3.51. The molecule has 15 heavy (non-hydrogen) atoms. The fraction of sp³-hybridized carbons (Fsp3) is 0.385. The van der Waals surface area contributed by atoms with Crippen molar-refractivity contribution in [2.45, 2.75) is 25.8 Å². The zero-order chi connectivity index (χ0) is 10.7. The van der Waals surface area contributed by atoms with Crippen LogP contribution in [-0.4, -0.2) is 6.54 Å². The second-order valence-corrected chi connectivity index (χ2v) is 4.66. The van der Waals surface area contributed by atoms with Gasteiger partial charge in [0.05, 0.1) is 6.54 Å². The molecule has 78 valence electrons. The molecule has 2 rings (SSSR count). The molecule has 0 saturated heterocycles. The Labute approximate surface area is 99.4 Å². The molecule has 0 aliphatic heterocycles. The molecule has 1 aliphatic carbocycles. The second kappa shape index (κ2) is 4.83. The zero-order valence-corrected chi connectivity index (χ0v) is 10.4. The Hall–Kier alpha value is -0.780. The predicted octanol–water partition coefficient (Wildman–Crippen LogP) is 3.05. The van der Waals surface area contributed by atoms with Gasteiger partial charge in [-0.05, 0) is 43.0 Å². The van der Waals surface area contributed by atoms with Gasteiger partial charge in [0.2, 0.25) is 0 Å². The van der Waals surface area contributed by atoms with Crippen molar-refractivity contribution in [2.24, 2.45) is 0 Å². The van der Waals surface area contributed by atoms with Gasteiger partial charge in [-0.25, -0.2) is 0 Å². The minimum atomic E-state index is 0.494. The number of aryl methyl sites for hydroxylation is 1. The first-order valence-electron chi connectivity index (χ1n) is 5.22. The van der Waals surface area contributed by atoms with Crippen LogP contribution in [0.4, 0.5) is 0 Å². The molecule has 0 bridgehead atoms. The Kier molecular flexibility index (Phi) is 3.45. The molecule has 1 nitrogen and oxygen atoms in total. The Morgan fingerprint density at radius 1 is 1.53 bits per heavy atom. The van der Waals surface area contributed by atoms with Crippen LogP contribution in [0.5, 0.6) is 0 Å². The van der Waals surface area contributed by atoms with Crippen molar-refractivity contribution in [3.05, 3.63) is 33.8 Å². The fourth-order valence-electron chi connectivity index (χ4n) is 2.06. The average molecular weight is 264 g/mol. The van der Waals surface area contributed by atoms with Crippen molar-refractivity contribution >= 4 is 15.9 Å². The van der Waals surface area contributed by atoms with Crippen LogP contribution in [0.2, 0.25) is 0 Å². The summed E-state index contributed by atoms with van der Waals surface area (Å²) in [6.45, 7) is 2.66. The van der Waals surface area contributed by atoms with Crippen LogP contribution in [0.25, 0.3) is 0 Å². The summed E-state index contributed by atoms with van der Waals surface area (Å²) in [4.78, 5) is 0. The third-order valence-electron chi connectivity index (χ3n) is 2.80. The van der Waals surface area contributed by atoms with Crippen molar-refractivity contribution in [1.29, 1.82) is 0 Å². The van der Waals surface area contributed by atoms with E-state index < -0.39 is 0 Å². The number of halogens is 1. The van der Waals surface area contributed by atoms with E-state index in [1.54, 1.807) is 0 Å². The first-order chi connectivity index (χ1) is 7.31. The molecule has 0 amide bonds. The Bertz CT molecular complexity index is 414. The summed E-state index contributed by atoms with van der Waals surface area (Å²) in [7, 11) is 0. The summed E-state index contributed by atoms with van der Waals surface area (Å²) >= 11 is 3.51. The van der Waals surface area contributed by atoms with Crippen LogP contribution in [0.3, 0.4) is 0 Å². The summed E-state index contributed by atoms with van der Waals surface area (Å²) in [5.74, 6) is 5.95. The van der Waals surface area contributed by atoms with E-state index in [9.17, 15) is 0 Å². The van der Waals surface area contributed by atoms with Crippen LogP contribution < -0.4 is 5.32 Å². The highest BCUT2D eigenvalue weighted by atomic mass is 79.9. The third-order valence-corrected chi connectivity index (χ3v) is 3.29. The van der Waals surface area contributed by atoms with Gasteiger partial charge >= 0.3 is 0 Å². The number of hydrogen-bond donors (Lipinski definition) is 1. The van der Waals surface area contributed by atoms with Crippen LogP contribution in [-0.2, 0) is 6.42 Å². The number of fused-ring (bicyclic) bond motifs is 1. The highest BCUT2D eigenvalue weighted by Gasteiger charge is 2.21. The SMILES string of the molecule is CC#CCNC1CCc2cc(Br)ccc21. The number of rotatable bonds is 2. The van der Waals surface area contributed by atoms with Gasteiger partial charge in [-0.2, -0.15) is 0 Å². The summed E-state index contributed by atoms with van der Waals surface area (Å²) < 4.78 is 1.18. The van der Waals surface area contributed by atoms with Crippen molar-refractivity contribution < 1.29 is 0 Å². The molecule has 1 unspecified atom stereocenters. The quantitative estimate of drug-likeness (QED) is 0.809. The summed E-state index contributed by atoms with van der Waals surface area (Å²) in [5, 5.41) is 3.47. The zero-order valence-electron chi connectivity index (χ0n) is 8.81. The monoisotopic (exact) mass is 263 g/mol. The normalized spacial score (nSPS) is 18.1. The smallest absolute Gasteiger partial charge is 0.0581 e. The average Bonchev–Trinajstić information content (AvgIpc) is 2.61. The van der Waals surface area contributed by atoms with E-state index in [-0.39, 0.29) is 0 Å².